The quantitative estimate of drug-likeness (QED) is 0.712. The molecule has 0 saturated carbocycles. The molecule has 0 rings (SSSR count). The first-order valence-corrected chi connectivity index (χ1v) is 4.07. The number of alkyl halides is 3. The first-order valence-electron chi connectivity index (χ1n) is 4.07. The minimum Gasteiger partial charge on any atom is -0.396 e. The summed E-state index contributed by atoms with van der Waals surface area (Å²) in [6.45, 7) is 2.93. The molecule has 0 aromatic heterocycles. The molecule has 1 nitrogen and oxygen atoms in total. The predicted octanol–water partition coefficient (Wildman–Crippen LogP) is 2.59. The van der Waals surface area contributed by atoms with Crippen molar-refractivity contribution >= 4 is 0 Å². The molecule has 0 radical (unpaired) electrons. The highest BCUT2D eigenvalue weighted by Crippen LogP contribution is 2.34. The lowest BCUT2D eigenvalue weighted by atomic mass is 9.91. The van der Waals surface area contributed by atoms with Gasteiger partial charge in [0.2, 0.25) is 0 Å². The van der Waals surface area contributed by atoms with Crippen LogP contribution in [0, 0.1) is 11.8 Å². The number of aliphatic hydroxyl groups excluding tert-OH is 1. The Balaban J connectivity index is 4.05. The second kappa shape index (κ2) is 4.70. The number of rotatable bonds is 4. The van der Waals surface area contributed by atoms with Gasteiger partial charge in [-0.15, -0.1) is 0 Å². The van der Waals surface area contributed by atoms with Gasteiger partial charge in [-0.2, -0.15) is 13.2 Å². The largest absolute Gasteiger partial charge is 0.396 e. The zero-order valence-corrected chi connectivity index (χ0v) is 7.36. The van der Waals surface area contributed by atoms with Crippen LogP contribution in [0.1, 0.15) is 26.7 Å². The molecule has 0 spiro atoms. The van der Waals surface area contributed by atoms with E-state index in [0.29, 0.717) is 0 Å². The van der Waals surface area contributed by atoms with Crippen molar-refractivity contribution in [1.29, 1.82) is 0 Å². The van der Waals surface area contributed by atoms with E-state index in [9.17, 15) is 13.2 Å². The topological polar surface area (TPSA) is 20.2 Å². The average molecular weight is 184 g/mol. The molecule has 0 aliphatic heterocycles. The summed E-state index contributed by atoms with van der Waals surface area (Å²) in [5.41, 5.74) is 0. The van der Waals surface area contributed by atoms with Crippen molar-refractivity contribution in [3.63, 3.8) is 0 Å². The lowest BCUT2D eigenvalue weighted by molar-refractivity contribution is -0.188. The molecule has 0 bridgehead atoms. The Morgan fingerprint density at radius 2 is 1.75 bits per heavy atom. The third kappa shape index (κ3) is 3.95. The SMILES string of the molecule is CC(C)C(CCCO)C(F)(F)F. The Bertz CT molecular complexity index is 120. The van der Waals surface area contributed by atoms with E-state index in [1.807, 2.05) is 0 Å². The molecule has 0 aromatic rings. The Morgan fingerprint density at radius 3 is 2.00 bits per heavy atom. The minimum atomic E-state index is -4.12. The third-order valence-electron chi connectivity index (χ3n) is 1.90. The fraction of sp³-hybridized carbons (Fsp3) is 1.00. The van der Waals surface area contributed by atoms with Crippen LogP contribution in [-0.4, -0.2) is 17.9 Å². The summed E-state index contributed by atoms with van der Waals surface area (Å²) in [6.07, 6.45) is -3.87. The lowest BCUT2D eigenvalue weighted by Crippen LogP contribution is -2.27. The number of hydrogen-bond acceptors (Lipinski definition) is 1. The van der Waals surface area contributed by atoms with Gasteiger partial charge in [0.05, 0.1) is 5.92 Å². The van der Waals surface area contributed by atoms with Gasteiger partial charge in [-0.25, -0.2) is 0 Å². The number of hydrogen-bond donors (Lipinski definition) is 1. The first kappa shape index (κ1) is 11.8. The van der Waals surface area contributed by atoms with Crippen molar-refractivity contribution in [2.24, 2.45) is 11.8 Å². The second-order valence-electron chi connectivity index (χ2n) is 3.26. The van der Waals surface area contributed by atoms with E-state index in [1.165, 1.54) is 0 Å². The van der Waals surface area contributed by atoms with E-state index in [0.717, 1.165) is 0 Å². The zero-order valence-electron chi connectivity index (χ0n) is 7.36. The highest BCUT2D eigenvalue weighted by Gasteiger charge is 2.40. The lowest BCUT2D eigenvalue weighted by Gasteiger charge is -2.23. The van der Waals surface area contributed by atoms with Gasteiger partial charge in [0, 0.05) is 6.61 Å². The van der Waals surface area contributed by atoms with Crippen LogP contribution in [0.3, 0.4) is 0 Å². The predicted molar refractivity (Wildman–Crippen MR) is 40.7 cm³/mol. The van der Waals surface area contributed by atoms with Crippen molar-refractivity contribution in [3.8, 4) is 0 Å². The molecular weight excluding hydrogens is 169 g/mol. The molecule has 1 N–H and O–H groups in total. The smallest absolute Gasteiger partial charge is 0.392 e. The van der Waals surface area contributed by atoms with Crippen LogP contribution in [0.15, 0.2) is 0 Å². The van der Waals surface area contributed by atoms with Gasteiger partial charge in [0.15, 0.2) is 0 Å². The highest BCUT2D eigenvalue weighted by molar-refractivity contribution is 4.70. The van der Waals surface area contributed by atoms with Crippen LogP contribution in [0.5, 0.6) is 0 Å². The third-order valence-corrected chi connectivity index (χ3v) is 1.90. The van der Waals surface area contributed by atoms with Gasteiger partial charge in [-0.05, 0) is 18.8 Å². The molecule has 0 saturated heterocycles. The molecule has 74 valence electrons. The maximum atomic E-state index is 12.2. The second-order valence-corrected chi connectivity index (χ2v) is 3.26. The molecule has 12 heavy (non-hydrogen) atoms. The molecule has 0 aliphatic carbocycles. The maximum Gasteiger partial charge on any atom is 0.392 e. The summed E-state index contributed by atoms with van der Waals surface area (Å²) in [5.74, 6) is -1.68. The van der Waals surface area contributed by atoms with Crippen molar-refractivity contribution in [2.45, 2.75) is 32.9 Å². The van der Waals surface area contributed by atoms with Crippen molar-refractivity contribution in [2.75, 3.05) is 6.61 Å². The van der Waals surface area contributed by atoms with Crippen LogP contribution in [0.2, 0.25) is 0 Å². The maximum absolute atomic E-state index is 12.2. The van der Waals surface area contributed by atoms with Crippen LogP contribution >= 0.6 is 0 Å². The molecular formula is C8H15F3O. The molecule has 4 heteroatoms. The van der Waals surface area contributed by atoms with Gasteiger partial charge in [0.1, 0.15) is 0 Å². The Kier molecular flexibility index (Phi) is 4.60. The molecule has 0 aliphatic rings. The highest BCUT2D eigenvalue weighted by atomic mass is 19.4. The van der Waals surface area contributed by atoms with Gasteiger partial charge in [-0.1, -0.05) is 13.8 Å². The van der Waals surface area contributed by atoms with Crippen molar-refractivity contribution < 1.29 is 18.3 Å². The van der Waals surface area contributed by atoms with E-state index in [-0.39, 0.29) is 19.4 Å². The monoisotopic (exact) mass is 184 g/mol. The fourth-order valence-corrected chi connectivity index (χ4v) is 1.19. The van der Waals surface area contributed by atoms with E-state index in [4.69, 9.17) is 5.11 Å². The van der Waals surface area contributed by atoms with Gasteiger partial charge in [-0.3, -0.25) is 0 Å². The fourth-order valence-electron chi connectivity index (χ4n) is 1.19. The van der Waals surface area contributed by atoms with Crippen LogP contribution in [0.25, 0.3) is 0 Å². The van der Waals surface area contributed by atoms with Crippen LogP contribution in [-0.2, 0) is 0 Å². The van der Waals surface area contributed by atoms with E-state index in [2.05, 4.69) is 0 Å². The Morgan fingerprint density at radius 1 is 1.25 bits per heavy atom. The summed E-state index contributed by atoms with van der Waals surface area (Å²) in [6, 6.07) is 0. The van der Waals surface area contributed by atoms with E-state index < -0.39 is 18.0 Å². The molecule has 0 aromatic carbocycles. The van der Waals surface area contributed by atoms with E-state index >= 15 is 0 Å². The first-order chi connectivity index (χ1) is 5.39. The Hall–Kier alpha value is -0.250. The number of aliphatic hydroxyl groups is 1. The molecule has 1 unspecified atom stereocenters. The average Bonchev–Trinajstić information content (AvgIpc) is 1.84. The summed E-state index contributed by atoms with van der Waals surface area (Å²) in [5, 5.41) is 8.40. The van der Waals surface area contributed by atoms with Gasteiger partial charge >= 0.3 is 6.18 Å². The van der Waals surface area contributed by atoms with Crippen LogP contribution < -0.4 is 0 Å². The standard InChI is InChI=1S/C8H15F3O/c1-6(2)7(4-3-5-12)8(9,10)11/h6-7,12H,3-5H2,1-2H3. The van der Waals surface area contributed by atoms with Crippen molar-refractivity contribution in [1.82, 2.24) is 0 Å². The molecule has 0 heterocycles. The zero-order chi connectivity index (χ0) is 9.78. The number of halogens is 3. The van der Waals surface area contributed by atoms with Crippen LogP contribution in [0.4, 0.5) is 13.2 Å². The van der Waals surface area contributed by atoms with Gasteiger partial charge in [0.25, 0.3) is 0 Å². The molecule has 0 amide bonds. The van der Waals surface area contributed by atoms with Crippen molar-refractivity contribution in [3.05, 3.63) is 0 Å². The summed E-state index contributed by atoms with van der Waals surface area (Å²) >= 11 is 0. The summed E-state index contributed by atoms with van der Waals surface area (Å²) in [4.78, 5) is 0. The van der Waals surface area contributed by atoms with Gasteiger partial charge < -0.3 is 5.11 Å². The normalized spacial score (nSPS) is 15.2. The summed E-state index contributed by atoms with van der Waals surface area (Å²) in [7, 11) is 0. The Labute approximate surface area is 70.6 Å². The van der Waals surface area contributed by atoms with E-state index in [1.54, 1.807) is 13.8 Å². The molecule has 1 atom stereocenters. The summed E-state index contributed by atoms with van der Waals surface area (Å²) < 4.78 is 36.6. The minimum absolute atomic E-state index is 0.0255. The molecule has 0 fully saturated rings.